The minimum atomic E-state index is -0.768. The third kappa shape index (κ3) is 6.04. The number of carbonyl (C=O) groups excluding carboxylic acids is 1. The molecule has 0 aliphatic carbocycles. The number of hydrogen-bond acceptors (Lipinski definition) is 2. The normalized spacial score (nSPS) is 11.9. The van der Waals surface area contributed by atoms with E-state index in [1.54, 1.807) is 12.1 Å². The molecule has 0 aliphatic heterocycles. The van der Waals surface area contributed by atoms with Crippen molar-refractivity contribution in [3.8, 4) is 0 Å². The number of carboxylic acid groups (broad SMARTS) is 1. The summed E-state index contributed by atoms with van der Waals surface area (Å²) in [6.45, 7) is 4.56. The molecule has 0 aromatic heterocycles. The molecule has 0 heterocycles. The smallest absolute Gasteiger partial charge is 0.303 e. The highest BCUT2D eigenvalue weighted by molar-refractivity contribution is 5.94. The molecule has 0 saturated carbocycles. The first-order valence-electron chi connectivity index (χ1n) is 6.55. The van der Waals surface area contributed by atoms with Gasteiger partial charge in [-0.3, -0.25) is 9.59 Å². The minimum Gasteiger partial charge on any atom is -0.481 e. The van der Waals surface area contributed by atoms with Crippen molar-refractivity contribution in [1.82, 2.24) is 5.32 Å². The van der Waals surface area contributed by atoms with E-state index in [1.807, 2.05) is 26.0 Å². The Hall–Kier alpha value is -1.84. The molecule has 2 N–H and O–H groups in total. The van der Waals surface area contributed by atoms with Crippen LogP contribution in [0, 0.1) is 12.8 Å². The summed E-state index contributed by atoms with van der Waals surface area (Å²) in [6.07, 6.45) is 1.63. The Morgan fingerprint density at radius 2 is 1.84 bits per heavy atom. The molecule has 0 aliphatic rings. The van der Waals surface area contributed by atoms with Crippen molar-refractivity contribution in [3.63, 3.8) is 0 Å². The highest BCUT2D eigenvalue weighted by Crippen LogP contribution is 2.09. The highest BCUT2D eigenvalue weighted by atomic mass is 16.4. The summed E-state index contributed by atoms with van der Waals surface area (Å²) in [6, 6.07) is 7.42. The van der Waals surface area contributed by atoms with E-state index in [1.165, 1.54) is 0 Å². The Morgan fingerprint density at radius 3 is 2.42 bits per heavy atom. The molecule has 4 nitrogen and oxygen atoms in total. The van der Waals surface area contributed by atoms with Crippen LogP contribution in [-0.4, -0.2) is 23.5 Å². The number of rotatable bonds is 7. The Labute approximate surface area is 113 Å². The van der Waals surface area contributed by atoms with Crippen LogP contribution in [0.25, 0.3) is 0 Å². The average molecular weight is 263 g/mol. The molecule has 1 aromatic rings. The van der Waals surface area contributed by atoms with Gasteiger partial charge in [-0.15, -0.1) is 0 Å². The minimum absolute atomic E-state index is 0.0783. The van der Waals surface area contributed by atoms with Crippen LogP contribution in [0.15, 0.2) is 24.3 Å². The van der Waals surface area contributed by atoms with E-state index in [-0.39, 0.29) is 12.3 Å². The topological polar surface area (TPSA) is 66.4 Å². The monoisotopic (exact) mass is 263 g/mol. The lowest BCUT2D eigenvalue weighted by Crippen LogP contribution is -2.25. The molecule has 1 amide bonds. The van der Waals surface area contributed by atoms with Crippen LogP contribution in [0.5, 0.6) is 0 Å². The SMILES string of the molecule is Cc1ccc(C(=O)NCCC(C)CCC(=O)O)cc1. The summed E-state index contributed by atoms with van der Waals surface area (Å²) in [4.78, 5) is 22.2. The van der Waals surface area contributed by atoms with Crippen molar-refractivity contribution in [1.29, 1.82) is 0 Å². The van der Waals surface area contributed by atoms with Crippen molar-refractivity contribution in [2.45, 2.75) is 33.1 Å². The van der Waals surface area contributed by atoms with E-state index in [4.69, 9.17) is 5.11 Å². The maximum Gasteiger partial charge on any atom is 0.303 e. The van der Waals surface area contributed by atoms with E-state index < -0.39 is 5.97 Å². The number of carboxylic acids is 1. The zero-order valence-corrected chi connectivity index (χ0v) is 11.5. The summed E-state index contributed by atoms with van der Waals surface area (Å²) in [5.41, 5.74) is 1.78. The number of nitrogens with one attached hydrogen (secondary N) is 1. The molecular weight excluding hydrogens is 242 g/mol. The molecule has 1 aromatic carbocycles. The van der Waals surface area contributed by atoms with E-state index in [0.717, 1.165) is 12.0 Å². The zero-order chi connectivity index (χ0) is 14.3. The number of carbonyl (C=O) groups is 2. The standard InChI is InChI=1S/C15H21NO3/c1-11-3-6-13(7-4-11)15(19)16-10-9-12(2)5-8-14(17)18/h3-4,6-7,12H,5,8-10H2,1-2H3,(H,16,19)(H,17,18). The Bertz CT molecular complexity index is 426. The lowest BCUT2D eigenvalue weighted by molar-refractivity contribution is -0.137. The van der Waals surface area contributed by atoms with Crippen molar-refractivity contribution in [3.05, 3.63) is 35.4 Å². The third-order valence-corrected chi connectivity index (χ3v) is 3.09. The summed E-state index contributed by atoms with van der Waals surface area (Å²) in [5, 5.41) is 11.4. The molecule has 1 unspecified atom stereocenters. The molecule has 104 valence electrons. The Balaban J connectivity index is 2.27. The van der Waals surface area contributed by atoms with Crippen LogP contribution >= 0.6 is 0 Å². The molecule has 0 radical (unpaired) electrons. The van der Waals surface area contributed by atoms with Gasteiger partial charge in [0.2, 0.25) is 0 Å². The first-order valence-corrected chi connectivity index (χ1v) is 6.55. The molecule has 1 atom stereocenters. The van der Waals surface area contributed by atoms with Gasteiger partial charge in [0.1, 0.15) is 0 Å². The van der Waals surface area contributed by atoms with Gasteiger partial charge >= 0.3 is 5.97 Å². The maximum absolute atomic E-state index is 11.8. The van der Waals surface area contributed by atoms with E-state index in [0.29, 0.717) is 24.4 Å². The summed E-state index contributed by atoms with van der Waals surface area (Å²) < 4.78 is 0. The highest BCUT2D eigenvalue weighted by Gasteiger charge is 2.07. The third-order valence-electron chi connectivity index (χ3n) is 3.09. The quantitative estimate of drug-likeness (QED) is 0.794. The van der Waals surface area contributed by atoms with Gasteiger partial charge in [-0.05, 0) is 37.8 Å². The van der Waals surface area contributed by atoms with Gasteiger partial charge in [0.25, 0.3) is 5.91 Å². The molecular formula is C15H21NO3. The van der Waals surface area contributed by atoms with Crippen LogP contribution in [0.1, 0.15) is 42.1 Å². The second-order valence-electron chi connectivity index (χ2n) is 4.95. The van der Waals surface area contributed by atoms with Crippen LogP contribution in [-0.2, 0) is 4.79 Å². The number of amides is 1. The van der Waals surface area contributed by atoms with Gasteiger partial charge in [0, 0.05) is 18.5 Å². The Morgan fingerprint density at radius 1 is 1.21 bits per heavy atom. The molecule has 4 heteroatoms. The lowest BCUT2D eigenvalue weighted by atomic mass is 10.0. The molecule has 0 spiro atoms. The van der Waals surface area contributed by atoms with Crippen LogP contribution < -0.4 is 5.32 Å². The molecule has 0 bridgehead atoms. The van der Waals surface area contributed by atoms with Crippen LogP contribution in [0.3, 0.4) is 0 Å². The summed E-state index contributed by atoms with van der Waals surface area (Å²) in [5.74, 6) is -0.546. The van der Waals surface area contributed by atoms with Crippen molar-refractivity contribution in [2.24, 2.45) is 5.92 Å². The second-order valence-corrected chi connectivity index (χ2v) is 4.95. The van der Waals surface area contributed by atoms with Gasteiger partial charge in [0.15, 0.2) is 0 Å². The molecule has 1 rings (SSSR count). The zero-order valence-electron chi connectivity index (χ0n) is 11.5. The average Bonchev–Trinajstić information content (AvgIpc) is 2.37. The van der Waals surface area contributed by atoms with E-state index >= 15 is 0 Å². The Kier molecular flexibility index (Phi) is 6.06. The van der Waals surface area contributed by atoms with Crippen LogP contribution in [0.2, 0.25) is 0 Å². The van der Waals surface area contributed by atoms with Gasteiger partial charge in [-0.25, -0.2) is 0 Å². The predicted molar refractivity (Wildman–Crippen MR) is 74.2 cm³/mol. The van der Waals surface area contributed by atoms with Crippen molar-refractivity contribution < 1.29 is 14.7 Å². The van der Waals surface area contributed by atoms with Gasteiger partial charge in [-0.2, -0.15) is 0 Å². The summed E-state index contributed by atoms with van der Waals surface area (Å²) >= 11 is 0. The van der Waals surface area contributed by atoms with Gasteiger partial charge in [-0.1, -0.05) is 24.6 Å². The number of benzene rings is 1. The summed E-state index contributed by atoms with van der Waals surface area (Å²) in [7, 11) is 0. The lowest BCUT2D eigenvalue weighted by Gasteiger charge is -2.10. The fourth-order valence-corrected chi connectivity index (χ4v) is 1.75. The largest absolute Gasteiger partial charge is 0.481 e. The van der Waals surface area contributed by atoms with E-state index in [9.17, 15) is 9.59 Å². The first-order chi connectivity index (χ1) is 8.99. The fraction of sp³-hybridized carbons (Fsp3) is 0.467. The molecule has 0 fully saturated rings. The predicted octanol–water partition coefficient (Wildman–Crippen LogP) is 2.62. The maximum atomic E-state index is 11.8. The van der Waals surface area contributed by atoms with E-state index in [2.05, 4.69) is 5.32 Å². The van der Waals surface area contributed by atoms with Crippen LogP contribution in [0.4, 0.5) is 0 Å². The first kappa shape index (κ1) is 15.2. The second kappa shape index (κ2) is 7.56. The molecule has 0 saturated heterocycles. The number of aryl methyl sites for hydroxylation is 1. The fourth-order valence-electron chi connectivity index (χ4n) is 1.75. The number of aliphatic carboxylic acids is 1. The molecule has 19 heavy (non-hydrogen) atoms. The van der Waals surface area contributed by atoms with Crippen molar-refractivity contribution >= 4 is 11.9 Å². The van der Waals surface area contributed by atoms with Gasteiger partial charge < -0.3 is 10.4 Å². The number of hydrogen-bond donors (Lipinski definition) is 2. The van der Waals surface area contributed by atoms with Crippen molar-refractivity contribution in [2.75, 3.05) is 6.54 Å². The van der Waals surface area contributed by atoms with Gasteiger partial charge in [0.05, 0.1) is 0 Å².